The predicted molar refractivity (Wildman–Crippen MR) is 69.3 cm³/mol. The highest BCUT2D eigenvalue weighted by atomic mass is 32.1. The highest BCUT2D eigenvalue weighted by Gasteiger charge is 2.14. The van der Waals surface area contributed by atoms with Crippen LogP contribution in [0, 0.1) is 6.92 Å². The van der Waals surface area contributed by atoms with Crippen molar-refractivity contribution in [3.8, 4) is 10.6 Å². The fourth-order valence-electron chi connectivity index (χ4n) is 1.46. The van der Waals surface area contributed by atoms with Crippen molar-refractivity contribution >= 4 is 28.6 Å². The average Bonchev–Trinajstić information content (AvgIpc) is 2.84. The average molecular weight is 268 g/mol. The number of thiophene rings is 1. The standard InChI is InChI=1S/C11H12N2O2S2/c1-6-13-8(5-16-6)10-3-2-9(17-10)7(12)4-11(14)15/h2-3,5,7H,4,12H2,1H3,(H,14,15). The number of aliphatic carboxylic acids is 1. The lowest BCUT2D eigenvalue weighted by atomic mass is 10.2. The molecule has 0 bridgehead atoms. The van der Waals surface area contributed by atoms with Gasteiger partial charge in [-0.1, -0.05) is 0 Å². The molecule has 3 N–H and O–H groups in total. The van der Waals surface area contributed by atoms with Crippen LogP contribution in [-0.2, 0) is 4.79 Å². The Morgan fingerprint density at radius 3 is 2.94 bits per heavy atom. The molecule has 0 amide bonds. The number of aromatic nitrogens is 1. The summed E-state index contributed by atoms with van der Waals surface area (Å²) in [4.78, 5) is 16.9. The lowest BCUT2D eigenvalue weighted by molar-refractivity contribution is -0.137. The Hall–Kier alpha value is -1.24. The van der Waals surface area contributed by atoms with Crippen molar-refractivity contribution in [3.63, 3.8) is 0 Å². The summed E-state index contributed by atoms with van der Waals surface area (Å²) in [6, 6.07) is 3.38. The molecule has 0 saturated carbocycles. The van der Waals surface area contributed by atoms with Gasteiger partial charge in [0, 0.05) is 16.3 Å². The van der Waals surface area contributed by atoms with E-state index in [2.05, 4.69) is 4.98 Å². The first-order chi connectivity index (χ1) is 8.06. The van der Waals surface area contributed by atoms with E-state index in [1.165, 1.54) is 11.3 Å². The molecule has 0 aromatic carbocycles. The Labute approximate surface area is 107 Å². The molecule has 6 heteroatoms. The number of carboxylic acid groups (broad SMARTS) is 1. The van der Waals surface area contributed by atoms with Crippen LogP contribution in [0.25, 0.3) is 10.6 Å². The molecule has 2 aromatic rings. The van der Waals surface area contributed by atoms with Crippen molar-refractivity contribution in [2.24, 2.45) is 5.73 Å². The van der Waals surface area contributed by atoms with E-state index in [0.29, 0.717) is 0 Å². The minimum absolute atomic E-state index is 0.0456. The number of carboxylic acids is 1. The van der Waals surface area contributed by atoms with E-state index in [-0.39, 0.29) is 6.42 Å². The maximum Gasteiger partial charge on any atom is 0.305 e. The van der Waals surface area contributed by atoms with E-state index < -0.39 is 12.0 Å². The predicted octanol–water partition coefficient (Wildman–Crippen LogP) is 2.65. The molecular weight excluding hydrogens is 256 g/mol. The Bertz CT molecular complexity index is 533. The van der Waals surface area contributed by atoms with Crippen LogP contribution in [0.15, 0.2) is 17.5 Å². The zero-order valence-corrected chi connectivity index (χ0v) is 10.8. The highest BCUT2D eigenvalue weighted by Crippen LogP contribution is 2.32. The fourth-order valence-corrected chi connectivity index (χ4v) is 3.11. The molecule has 2 rings (SSSR count). The molecule has 1 unspecified atom stereocenters. The monoisotopic (exact) mass is 268 g/mol. The van der Waals surface area contributed by atoms with Gasteiger partial charge in [0.2, 0.25) is 0 Å². The van der Waals surface area contributed by atoms with Crippen LogP contribution in [-0.4, -0.2) is 16.1 Å². The molecule has 2 heterocycles. The van der Waals surface area contributed by atoms with Gasteiger partial charge in [-0.15, -0.1) is 22.7 Å². The van der Waals surface area contributed by atoms with Crippen LogP contribution >= 0.6 is 22.7 Å². The van der Waals surface area contributed by atoms with Gasteiger partial charge >= 0.3 is 5.97 Å². The number of nitrogens with two attached hydrogens (primary N) is 1. The van der Waals surface area contributed by atoms with Gasteiger partial charge in [0.25, 0.3) is 0 Å². The third-order valence-electron chi connectivity index (χ3n) is 2.26. The first-order valence-corrected chi connectivity index (χ1v) is 6.75. The highest BCUT2D eigenvalue weighted by molar-refractivity contribution is 7.16. The molecule has 0 aliphatic heterocycles. The van der Waals surface area contributed by atoms with Crippen LogP contribution in [0.2, 0.25) is 0 Å². The first kappa shape index (κ1) is 12.2. The molecule has 4 nitrogen and oxygen atoms in total. The van der Waals surface area contributed by atoms with Gasteiger partial charge in [-0.3, -0.25) is 4.79 Å². The quantitative estimate of drug-likeness (QED) is 0.893. The fraction of sp³-hybridized carbons (Fsp3) is 0.273. The normalized spacial score (nSPS) is 12.6. The number of carbonyl (C=O) groups is 1. The number of hydrogen-bond donors (Lipinski definition) is 2. The molecule has 0 aliphatic carbocycles. The third-order valence-corrected chi connectivity index (χ3v) is 4.27. The molecule has 0 saturated heterocycles. The maximum atomic E-state index is 10.6. The van der Waals surface area contributed by atoms with Crippen molar-refractivity contribution in [1.29, 1.82) is 0 Å². The number of hydrogen-bond acceptors (Lipinski definition) is 5. The van der Waals surface area contributed by atoms with Gasteiger partial charge in [-0.2, -0.15) is 0 Å². The molecule has 90 valence electrons. The minimum atomic E-state index is -0.878. The third kappa shape index (κ3) is 2.91. The Morgan fingerprint density at radius 2 is 2.35 bits per heavy atom. The second kappa shape index (κ2) is 4.95. The van der Waals surface area contributed by atoms with Crippen LogP contribution in [0.3, 0.4) is 0 Å². The van der Waals surface area contributed by atoms with Crippen molar-refractivity contribution in [1.82, 2.24) is 4.98 Å². The number of aryl methyl sites for hydroxylation is 1. The zero-order chi connectivity index (χ0) is 12.4. The number of rotatable bonds is 4. The van der Waals surface area contributed by atoms with E-state index in [9.17, 15) is 4.79 Å². The molecule has 1 atom stereocenters. The van der Waals surface area contributed by atoms with Crippen molar-refractivity contribution in [3.05, 3.63) is 27.4 Å². The number of thiazole rings is 1. The molecule has 17 heavy (non-hydrogen) atoms. The summed E-state index contributed by atoms with van der Waals surface area (Å²) in [7, 11) is 0. The van der Waals surface area contributed by atoms with E-state index in [1.54, 1.807) is 11.3 Å². The van der Waals surface area contributed by atoms with Crippen molar-refractivity contribution < 1.29 is 9.90 Å². The second-order valence-electron chi connectivity index (χ2n) is 3.66. The molecule has 0 fully saturated rings. The van der Waals surface area contributed by atoms with Crippen LogP contribution < -0.4 is 5.73 Å². The lowest BCUT2D eigenvalue weighted by Crippen LogP contribution is -2.13. The molecule has 0 aliphatic rings. The van der Waals surface area contributed by atoms with Gasteiger partial charge < -0.3 is 10.8 Å². The SMILES string of the molecule is Cc1nc(-c2ccc(C(N)CC(=O)O)s2)cs1. The van der Waals surface area contributed by atoms with Crippen molar-refractivity contribution in [2.45, 2.75) is 19.4 Å². The van der Waals surface area contributed by atoms with Crippen molar-refractivity contribution in [2.75, 3.05) is 0 Å². The Kier molecular flexibility index (Phi) is 3.56. The maximum absolute atomic E-state index is 10.6. The molecule has 0 spiro atoms. The van der Waals surface area contributed by atoms with Crippen LogP contribution in [0.4, 0.5) is 0 Å². The van der Waals surface area contributed by atoms with E-state index in [1.807, 2.05) is 24.4 Å². The smallest absolute Gasteiger partial charge is 0.305 e. The first-order valence-electron chi connectivity index (χ1n) is 5.06. The summed E-state index contributed by atoms with van der Waals surface area (Å²) >= 11 is 3.10. The summed E-state index contributed by atoms with van der Waals surface area (Å²) < 4.78 is 0. The topological polar surface area (TPSA) is 76.2 Å². The summed E-state index contributed by atoms with van der Waals surface area (Å²) in [6.45, 7) is 1.96. The number of nitrogens with zero attached hydrogens (tertiary/aromatic N) is 1. The summed E-state index contributed by atoms with van der Waals surface area (Å²) in [5.74, 6) is -0.878. The van der Waals surface area contributed by atoms with Crippen LogP contribution in [0.5, 0.6) is 0 Å². The second-order valence-corrected chi connectivity index (χ2v) is 5.84. The zero-order valence-electron chi connectivity index (χ0n) is 9.21. The van der Waals surface area contributed by atoms with Gasteiger partial charge in [0.1, 0.15) is 0 Å². The Morgan fingerprint density at radius 1 is 1.59 bits per heavy atom. The largest absolute Gasteiger partial charge is 0.481 e. The van der Waals surface area contributed by atoms with E-state index >= 15 is 0 Å². The van der Waals surface area contributed by atoms with Gasteiger partial charge in [0.05, 0.1) is 22.0 Å². The Balaban J connectivity index is 2.18. The van der Waals surface area contributed by atoms with Gasteiger partial charge in [-0.05, 0) is 19.1 Å². The molecule has 2 aromatic heterocycles. The van der Waals surface area contributed by atoms with E-state index in [4.69, 9.17) is 10.8 Å². The van der Waals surface area contributed by atoms with E-state index in [0.717, 1.165) is 20.5 Å². The minimum Gasteiger partial charge on any atom is -0.481 e. The summed E-state index contributed by atoms with van der Waals surface area (Å²) in [6.07, 6.45) is -0.0456. The summed E-state index contributed by atoms with van der Waals surface area (Å²) in [5, 5.41) is 11.7. The van der Waals surface area contributed by atoms with Gasteiger partial charge in [-0.25, -0.2) is 4.98 Å². The van der Waals surface area contributed by atoms with Gasteiger partial charge in [0.15, 0.2) is 0 Å². The lowest BCUT2D eigenvalue weighted by Gasteiger charge is -2.04. The van der Waals surface area contributed by atoms with Crippen LogP contribution in [0.1, 0.15) is 22.3 Å². The molecule has 0 radical (unpaired) electrons. The molecular formula is C11H12N2O2S2. The summed E-state index contributed by atoms with van der Waals surface area (Å²) in [5.41, 5.74) is 6.74.